The van der Waals surface area contributed by atoms with Crippen LogP contribution in [0.2, 0.25) is 0 Å². The molecule has 142 valence electrons. The van der Waals surface area contributed by atoms with Crippen molar-refractivity contribution in [2.24, 2.45) is 5.73 Å². The number of benzene rings is 1. The maximum atomic E-state index is 13.3. The topological polar surface area (TPSA) is 59.2 Å². The van der Waals surface area contributed by atoms with Gasteiger partial charge in [-0.3, -0.25) is 9.78 Å². The van der Waals surface area contributed by atoms with Crippen molar-refractivity contribution in [1.29, 1.82) is 0 Å². The molecular formula is C19H24BrCl2N3O. The predicted octanol–water partition coefficient (Wildman–Crippen LogP) is 4.59. The Morgan fingerprint density at radius 3 is 2.46 bits per heavy atom. The minimum absolute atomic E-state index is 0. The lowest BCUT2D eigenvalue weighted by molar-refractivity contribution is 0.0716. The van der Waals surface area contributed by atoms with E-state index < -0.39 is 0 Å². The molecule has 1 aromatic carbocycles. The van der Waals surface area contributed by atoms with Crippen molar-refractivity contribution >= 4 is 57.6 Å². The molecule has 1 amide bonds. The third kappa shape index (κ3) is 4.01. The summed E-state index contributed by atoms with van der Waals surface area (Å²) in [5, 5.41) is 0.950. The molecule has 2 fully saturated rings. The fourth-order valence-corrected chi connectivity index (χ4v) is 4.00. The lowest BCUT2D eigenvalue weighted by Crippen LogP contribution is -2.43. The average Bonchev–Trinajstić information content (AvgIpc) is 3.39. The van der Waals surface area contributed by atoms with E-state index in [9.17, 15) is 4.79 Å². The zero-order chi connectivity index (χ0) is 16.8. The van der Waals surface area contributed by atoms with Gasteiger partial charge >= 0.3 is 0 Å². The van der Waals surface area contributed by atoms with Crippen LogP contribution >= 0.6 is 40.7 Å². The normalized spacial score (nSPS) is 17.6. The fourth-order valence-electron chi connectivity index (χ4n) is 3.64. The molecule has 1 saturated heterocycles. The maximum absolute atomic E-state index is 13.3. The van der Waals surface area contributed by atoms with Gasteiger partial charge in [-0.2, -0.15) is 0 Å². The monoisotopic (exact) mass is 459 g/mol. The van der Waals surface area contributed by atoms with Crippen LogP contribution in [0.1, 0.15) is 53.2 Å². The molecule has 2 heterocycles. The van der Waals surface area contributed by atoms with E-state index in [4.69, 9.17) is 10.7 Å². The molecule has 4 nitrogen and oxygen atoms in total. The molecule has 2 aliphatic rings. The number of carbonyl (C=O) groups excluding carboxylic acids is 1. The highest BCUT2D eigenvalue weighted by Gasteiger charge is 2.31. The first kappa shape index (κ1) is 21.4. The van der Waals surface area contributed by atoms with Gasteiger partial charge in [0.2, 0.25) is 0 Å². The number of aromatic nitrogens is 1. The smallest absolute Gasteiger partial charge is 0.254 e. The Morgan fingerprint density at radius 2 is 1.85 bits per heavy atom. The summed E-state index contributed by atoms with van der Waals surface area (Å²) in [6.45, 7) is 3.55. The summed E-state index contributed by atoms with van der Waals surface area (Å²) in [5.41, 5.74) is 9.92. The van der Waals surface area contributed by atoms with Crippen molar-refractivity contribution in [2.45, 2.75) is 44.6 Å². The highest BCUT2D eigenvalue weighted by molar-refractivity contribution is 9.10. The SMILES string of the molecule is Cc1c(C2CC2)nc2ccc(Br)cc2c1C(=O)N1CCC(N)CC1.Cl.Cl. The minimum atomic E-state index is 0. The molecule has 1 aromatic heterocycles. The zero-order valence-corrected chi connectivity index (χ0v) is 17.9. The Labute approximate surface area is 174 Å². The largest absolute Gasteiger partial charge is 0.339 e. The van der Waals surface area contributed by atoms with Gasteiger partial charge in [0.15, 0.2) is 0 Å². The molecule has 0 spiro atoms. The van der Waals surface area contributed by atoms with Crippen molar-refractivity contribution in [3.05, 3.63) is 39.5 Å². The molecular weight excluding hydrogens is 437 g/mol. The van der Waals surface area contributed by atoms with Gasteiger partial charge in [-0.25, -0.2) is 0 Å². The van der Waals surface area contributed by atoms with Gasteiger partial charge < -0.3 is 10.6 Å². The first-order chi connectivity index (χ1) is 11.5. The van der Waals surface area contributed by atoms with E-state index in [1.54, 1.807) is 0 Å². The summed E-state index contributed by atoms with van der Waals surface area (Å²) in [7, 11) is 0. The van der Waals surface area contributed by atoms with Gasteiger partial charge in [0.1, 0.15) is 0 Å². The van der Waals surface area contributed by atoms with E-state index in [1.165, 1.54) is 12.8 Å². The van der Waals surface area contributed by atoms with Gasteiger partial charge in [0.05, 0.1) is 11.1 Å². The van der Waals surface area contributed by atoms with E-state index in [-0.39, 0.29) is 36.8 Å². The number of nitrogens with zero attached hydrogens (tertiary/aromatic N) is 2. The van der Waals surface area contributed by atoms with Crippen LogP contribution in [0, 0.1) is 6.92 Å². The number of likely N-dealkylation sites (tertiary alicyclic amines) is 1. The van der Waals surface area contributed by atoms with Crippen LogP contribution in [0.3, 0.4) is 0 Å². The fraction of sp³-hybridized carbons (Fsp3) is 0.474. The number of hydrogen-bond donors (Lipinski definition) is 1. The zero-order valence-electron chi connectivity index (χ0n) is 14.7. The number of pyridine rings is 1. The molecule has 26 heavy (non-hydrogen) atoms. The Balaban J connectivity index is 0.00000121. The van der Waals surface area contributed by atoms with Gasteiger partial charge in [0.25, 0.3) is 5.91 Å². The second-order valence-corrected chi connectivity index (χ2v) is 7.98. The number of hydrogen-bond acceptors (Lipinski definition) is 3. The number of halogens is 3. The standard InChI is InChI=1S/C19H22BrN3O.2ClH/c1-11-17(19(24)23-8-6-14(21)7-9-23)15-10-13(20)4-5-16(15)22-18(11)12-2-3-12;;/h4-5,10,12,14H,2-3,6-9,21H2,1H3;2*1H. The Bertz CT molecular complexity index is 818. The average molecular weight is 461 g/mol. The molecule has 1 aliphatic heterocycles. The first-order valence-electron chi connectivity index (χ1n) is 8.69. The third-order valence-electron chi connectivity index (χ3n) is 5.23. The lowest BCUT2D eigenvalue weighted by atomic mass is 9.97. The van der Waals surface area contributed by atoms with Crippen molar-refractivity contribution in [3.8, 4) is 0 Å². The summed E-state index contributed by atoms with van der Waals surface area (Å²) in [6.07, 6.45) is 4.13. The molecule has 4 rings (SSSR count). The van der Waals surface area contributed by atoms with Crippen molar-refractivity contribution < 1.29 is 4.79 Å². The van der Waals surface area contributed by atoms with Crippen LogP contribution in [-0.4, -0.2) is 34.9 Å². The van der Waals surface area contributed by atoms with Gasteiger partial charge in [0, 0.05) is 40.6 Å². The second-order valence-electron chi connectivity index (χ2n) is 7.06. The molecule has 0 unspecified atom stereocenters. The molecule has 2 N–H and O–H groups in total. The van der Waals surface area contributed by atoms with Crippen LogP contribution in [0.4, 0.5) is 0 Å². The van der Waals surface area contributed by atoms with E-state index in [0.29, 0.717) is 5.92 Å². The van der Waals surface area contributed by atoms with Gasteiger partial charge in [-0.15, -0.1) is 24.8 Å². The number of nitrogens with two attached hydrogens (primary N) is 1. The summed E-state index contributed by atoms with van der Waals surface area (Å²) < 4.78 is 0.977. The van der Waals surface area contributed by atoms with E-state index in [2.05, 4.69) is 22.9 Å². The molecule has 1 aliphatic carbocycles. The van der Waals surface area contributed by atoms with Crippen molar-refractivity contribution in [3.63, 3.8) is 0 Å². The van der Waals surface area contributed by atoms with Crippen LogP contribution in [0.15, 0.2) is 22.7 Å². The molecule has 0 bridgehead atoms. The Hall–Kier alpha value is -0.880. The molecule has 0 radical (unpaired) electrons. The molecule has 2 aromatic rings. The van der Waals surface area contributed by atoms with Crippen LogP contribution in [-0.2, 0) is 0 Å². The number of amides is 1. The second kappa shape index (κ2) is 8.42. The third-order valence-corrected chi connectivity index (χ3v) is 5.73. The Kier molecular flexibility index (Phi) is 6.94. The first-order valence-corrected chi connectivity index (χ1v) is 9.48. The predicted molar refractivity (Wildman–Crippen MR) is 114 cm³/mol. The van der Waals surface area contributed by atoms with Crippen molar-refractivity contribution in [1.82, 2.24) is 9.88 Å². The molecule has 0 atom stereocenters. The van der Waals surface area contributed by atoms with E-state index in [1.807, 2.05) is 23.1 Å². The number of carbonyl (C=O) groups is 1. The van der Waals surface area contributed by atoms with E-state index >= 15 is 0 Å². The van der Waals surface area contributed by atoms with Gasteiger partial charge in [-0.05, 0) is 56.4 Å². The van der Waals surface area contributed by atoms with Crippen LogP contribution in [0.5, 0.6) is 0 Å². The summed E-state index contributed by atoms with van der Waals surface area (Å²) in [4.78, 5) is 20.1. The number of rotatable bonds is 2. The molecule has 1 saturated carbocycles. The van der Waals surface area contributed by atoms with Crippen LogP contribution in [0.25, 0.3) is 10.9 Å². The summed E-state index contributed by atoms with van der Waals surface area (Å²) >= 11 is 3.53. The van der Waals surface area contributed by atoms with Crippen molar-refractivity contribution in [2.75, 3.05) is 13.1 Å². The van der Waals surface area contributed by atoms with Crippen LogP contribution < -0.4 is 5.73 Å². The number of piperidine rings is 1. The van der Waals surface area contributed by atoms with E-state index in [0.717, 1.165) is 58.1 Å². The number of fused-ring (bicyclic) bond motifs is 1. The minimum Gasteiger partial charge on any atom is -0.339 e. The lowest BCUT2D eigenvalue weighted by Gasteiger charge is -2.31. The van der Waals surface area contributed by atoms with Gasteiger partial charge in [-0.1, -0.05) is 15.9 Å². The summed E-state index contributed by atoms with van der Waals surface area (Å²) in [6, 6.07) is 6.25. The summed E-state index contributed by atoms with van der Waals surface area (Å²) in [5.74, 6) is 0.658. The highest BCUT2D eigenvalue weighted by atomic mass is 79.9. The quantitative estimate of drug-likeness (QED) is 0.712. The molecule has 7 heteroatoms. The highest BCUT2D eigenvalue weighted by Crippen LogP contribution is 2.42. The maximum Gasteiger partial charge on any atom is 0.254 e. The Morgan fingerprint density at radius 1 is 1.19 bits per heavy atom.